The lowest BCUT2D eigenvalue weighted by Gasteiger charge is -2.24. The predicted octanol–water partition coefficient (Wildman–Crippen LogP) is -3.69. The quantitative estimate of drug-likeness (QED) is 0.0505. The number of hydrogen-bond acceptors (Lipinski definition) is 9. The fraction of sp³-hybridized carbons (Fsp3) is 0.455. The van der Waals surface area contributed by atoms with Crippen LogP contribution in [0.25, 0.3) is 0 Å². The first-order valence-electron chi connectivity index (χ1n) is 12.1. The van der Waals surface area contributed by atoms with Gasteiger partial charge in [-0.1, -0.05) is 0 Å². The van der Waals surface area contributed by atoms with Crippen molar-refractivity contribution in [1.29, 1.82) is 0 Å². The van der Waals surface area contributed by atoms with Crippen LogP contribution in [0.4, 0.5) is 0 Å². The lowest BCUT2D eigenvalue weighted by atomic mass is 10.1. The second kappa shape index (κ2) is 15.4. The van der Waals surface area contributed by atoms with Gasteiger partial charge in [0.15, 0.2) is 5.96 Å². The molecule has 0 saturated carbocycles. The molecule has 0 bridgehead atoms. The fourth-order valence-electron chi connectivity index (χ4n) is 3.50. The highest BCUT2D eigenvalue weighted by Crippen LogP contribution is 2.06. The van der Waals surface area contributed by atoms with E-state index in [0.29, 0.717) is 17.8 Å². The van der Waals surface area contributed by atoms with Crippen molar-refractivity contribution < 1.29 is 34.2 Å². The smallest absolute Gasteiger partial charge is 0.326 e. The molecule has 0 aliphatic carbocycles. The summed E-state index contributed by atoms with van der Waals surface area (Å²) < 4.78 is 0. The molecule has 2 heterocycles. The van der Waals surface area contributed by atoms with Crippen molar-refractivity contribution >= 4 is 35.6 Å². The maximum atomic E-state index is 13.3. The zero-order valence-electron chi connectivity index (χ0n) is 21.4. The predicted molar refractivity (Wildman–Crippen MR) is 138 cm³/mol. The largest absolute Gasteiger partial charge is 0.481 e. The van der Waals surface area contributed by atoms with E-state index in [4.69, 9.17) is 22.3 Å². The summed E-state index contributed by atoms with van der Waals surface area (Å²) in [7, 11) is 0. The third-order valence-electron chi connectivity index (χ3n) is 5.52. The molecule has 3 amide bonds. The van der Waals surface area contributed by atoms with Crippen LogP contribution in [0.15, 0.2) is 30.0 Å². The molecule has 0 aromatic carbocycles. The van der Waals surface area contributed by atoms with Crippen LogP contribution >= 0.6 is 0 Å². The number of imidazole rings is 2. The van der Waals surface area contributed by atoms with Crippen LogP contribution < -0.4 is 33.2 Å². The van der Waals surface area contributed by atoms with E-state index in [9.17, 15) is 29.1 Å². The molecule has 13 N–H and O–H groups in total. The molecule has 2 aromatic rings. The van der Waals surface area contributed by atoms with Crippen LogP contribution in [0.3, 0.4) is 0 Å². The van der Waals surface area contributed by atoms with Gasteiger partial charge in [-0.25, -0.2) is 14.8 Å². The average Bonchev–Trinajstić information content (AvgIpc) is 3.59. The highest BCUT2D eigenvalue weighted by Gasteiger charge is 2.32. The number of carboxylic acids is 2. The summed E-state index contributed by atoms with van der Waals surface area (Å²) in [6, 6.07) is -5.33. The molecule has 4 unspecified atom stereocenters. The normalized spacial score (nSPS) is 13.7. The molecule has 218 valence electrons. The number of guanidine groups is 1. The number of rotatable bonds is 17. The van der Waals surface area contributed by atoms with Gasteiger partial charge in [0.25, 0.3) is 0 Å². The Labute approximate surface area is 227 Å². The number of aromatic amines is 2. The van der Waals surface area contributed by atoms with Gasteiger partial charge in [-0.05, 0) is 12.8 Å². The maximum Gasteiger partial charge on any atom is 0.326 e. The van der Waals surface area contributed by atoms with Crippen molar-refractivity contribution in [2.24, 2.45) is 22.2 Å². The van der Waals surface area contributed by atoms with E-state index >= 15 is 0 Å². The summed E-state index contributed by atoms with van der Waals surface area (Å²) in [5.41, 5.74) is 17.4. The Morgan fingerprint density at radius 3 is 1.77 bits per heavy atom. The molecule has 0 saturated heterocycles. The Morgan fingerprint density at radius 2 is 1.35 bits per heavy atom. The van der Waals surface area contributed by atoms with Crippen LogP contribution in [0.2, 0.25) is 0 Å². The lowest BCUT2D eigenvalue weighted by molar-refractivity contribution is -0.147. The highest BCUT2D eigenvalue weighted by molar-refractivity contribution is 5.94. The zero-order chi connectivity index (χ0) is 29.7. The van der Waals surface area contributed by atoms with Gasteiger partial charge in [0.1, 0.15) is 18.1 Å². The van der Waals surface area contributed by atoms with E-state index < -0.39 is 60.2 Å². The molecule has 0 aliphatic heterocycles. The molecule has 18 heteroatoms. The summed E-state index contributed by atoms with van der Waals surface area (Å²) in [5.74, 6) is -5.51. The molecule has 40 heavy (non-hydrogen) atoms. The van der Waals surface area contributed by atoms with Gasteiger partial charge >= 0.3 is 11.9 Å². The van der Waals surface area contributed by atoms with Crippen LogP contribution in [-0.4, -0.2) is 96.5 Å². The van der Waals surface area contributed by atoms with Crippen LogP contribution in [0.5, 0.6) is 0 Å². The molecular weight excluding hydrogens is 530 g/mol. The van der Waals surface area contributed by atoms with E-state index in [2.05, 4.69) is 40.9 Å². The number of nitrogens with zero attached hydrogens (tertiary/aromatic N) is 3. The standard InChI is InChI=1S/C22H33N11O7/c23-13(2-1-3-28-22(24)25)18(36)31-14(4-11-7-26-9-29-11)19(37)32-15(5-12-8-27-10-30-12)20(38)33-16(21(39)40)6-17(34)35/h7-10,13-16H,1-6,23H2,(H,26,29)(H,27,30)(H,31,36)(H,32,37)(H,33,38)(H,34,35)(H,39,40)(H4,24,25,28). The Kier molecular flexibility index (Phi) is 12.0. The van der Waals surface area contributed by atoms with Crippen LogP contribution in [0, 0.1) is 0 Å². The number of hydrogen-bond donors (Lipinski definition) is 10. The van der Waals surface area contributed by atoms with Crippen molar-refractivity contribution in [3.63, 3.8) is 0 Å². The van der Waals surface area contributed by atoms with Crippen molar-refractivity contribution in [2.45, 2.75) is 56.3 Å². The van der Waals surface area contributed by atoms with E-state index in [1.165, 1.54) is 25.0 Å². The van der Waals surface area contributed by atoms with Gasteiger partial charge in [-0.3, -0.25) is 24.2 Å². The fourth-order valence-corrected chi connectivity index (χ4v) is 3.50. The van der Waals surface area contributed by atoms with Crippen molar-refractivity contribution in [3.05, 3.63) is 36.4 Å². The Morgan fingerprint density at radius 1 is 0.850 bits per heavy atom. The molecule has 0 radical (unpaired) electrons. The van der Waals surface area contributed by atoms with Crippen LogP contribution in [0.1, 0.15) is 30.7 Å². The summed E-state index contributed by atoms with van der Waals surface area (Å²) >= 11 is 0. The number of carboxylic acid groups (broad SMARTS) is 2. The molecule has 0 spiro atoms. The molecule has 4 atom stereocenters. The topological polar surface area (TPSA) is 310 Å². The summed E-state index contributed by atoms with van der Waals surface area (Å²) in [5, 5.41) is 25.5. The maximum absolute atomic E-state index is 13.3. The van der Waals surface area contributed by atoms with Crippen molar-refractivity contribution in [2.75, 3.05) is 6.54 Å². The number of aliphatic carboxylic acids is 2. The Bertz CT molecular complexity index is 1160. The monoisotopic (exact) mass is 563 g/mol. The first kappa shape index (κ1) is 31.2. The third kappa shape index (κ3) is 10.8. The number of carbonyl (C=O) groups is 5. The molecule has 0 fully saturated rings. The summed E-state index contributed by atoms with van der Waals surface area (Å²) in [4.78, 5) is 78.8. The SMILES string of the molecule is NC(N)=NCCCC(N)C(=O)NC(Cc1cnc[nH]1)C(=O)NC(Cc1cnc[nH]1)C(=O)NC(CC(=O)O)C(=O)O. The number of aliphatic imine (C=N–C) groups is 1. The minimum absolute atomic E-state index is 0.0482. The third-order valence-corrected chi connectivity index (χ3v) is 5.52. The minimum Gasteiger partial charge on any atom is -0.481 e. The lowest BCUT2D eigenvalue weighted by Crippen LogP contribution is -2.58. The number of nitrogens with one attached hydrogen (secondary N) is 5. The number of carbonyl (C=O) groups excluding carboxylic acids is 3. The van der Waals surface area contributed by atoms with Crippen LogP contribution in [-0.2, 0) is 36.8 Å². The number of nitrogens with two attached hydrogens (primary N) is 3. The van der Waals surface area contributed by atoms with E-state index in [0.717, 1.165) is 0 Å². The number of amides is 3. The highest BCUT2D eigenvalue weighted by atomic mass is 16.4. The first-order valence-corrected chi connectivity index (χ1v) is 12.1. The summed E-state index contributed by atoms with van der Waals surface area (Å²) in [6.07, 6.45) is 5.09. The van der Waals surface area contributed by atoms with Gasteiger partial charge in [0.05, 0.1) is 25.1 Å². The van der Waals surface area contributed by atoms with Gasteiger partial charge < -0.3 is 53.3 Å². The number of aromatic nitrogens is 4. The van der Waals surface area contributed by atoms with E-state index in [-0.39, 0.29) is 31.8 Å². The summed E-state index contributed by atoms with van der Waals surface area (Å²) in [6.45, 7) is 0.255. The molecular formula is C22H33N11O7. The Balaban J connectivity index is 2.19. The molecule has 2 rings (SSSR count). The van der Waals surface area contributed by atoms with Gasteiger partial charge in [-0.2, -0.15) is 0 Å². The van der Waals surface area contributed by atoms with Crippen molar-refractivity contribution in [1.82, 2.24) is 35.9 Å². The van der Waals surface area contributed by atoms with Gasteiger partial charge in [-0.15, -0.1) is 0 Å². The second-order valence-electron chi connectivity index (χ2n) is 8.74. The van der Waals surface area contributed by atoms with E-state index in [1.807, 2.05) is 0 Å². The van der Waals surface area contributed by atoms with Gasteiger partial charge in [0, 0.05) is 43.2 Å². The zero-order valence-corrected chi connectivity index (χ0v) is 21.4. The van der Waals surface area contributed by atoms with Crippen molar-refractivity contribution in [3.8, 4) is 0 Å². The minimum atomic E-state index is -1.75. The number of H-pyrrole nitrogens is 2. The molecule has 0 aliphatic rings. The van der Waals surface area contributed by atoms with Gasteiger partial charge in [0.2, 0.25) is 17.7 Å². The first-order chi connectivity index (χ1) is 19.0. The van der Waals surface area contributed by atoms with E-state index in [1.54, 1.807) is 0 Å². The Hall–Kier alpha value is -5.00. The molecule has 2 aromatic heterocycles. The average molecular weight is 564 g/mol. The molecule has 18 nitrogen and oxygen atoms in total. The second-order valence-corrected chi connectivity index (χ2v) is 8.74.